The number of para-hydroxylation sites is 1. The van der Waals surface area contributed by atoms with E-state index in [4.69, 9.17) is 8.94 Å². The van der Waals surface area contributed by atoms with Crippen molar-refractivity contribution in [3.8, 4) is 0 Å². The summed E-state index contributed by atoms with van der Waals surface area (Å²) in [5, 5.41) is 4.60. The predicted octanol–water partition coefficient (Wildman–Crippen LogP) is 1.88. The Morgan fingerprint density at radius 2 is 2.14 bits per heavy atom. The van der Waals surface area contributed by atoms with Gasteiger partial charge in [-0.25, -0.2) is 4.98 Å². The highest BCUT2D eigenvalue weighted by Gasteiger charge is 2.14. The van der Waals surface area contributed by atoms with E-state index in [0.717, 1.165) is 5.39 Å². The van der Waals surface area contributed by atoms with Crippen LogP contribution in [-0.2, 0) is 6.54 Å². The molecule has 0 spiro atoms. The number of nitrogens with zero attached hydrogens (tertiary/aromatic N) is 4. The second-order valence-electron chi connectivity index (χ2n) is 4.68. The van der Waals surface area contributed by atoms with Crippen LogP contribution in [0.3, 0.4) is 0 Å². The van der Waals surface area contributed by atoms with Gasteiger partial charge in [0.1, 0.15) is 11.1 Å². The molecule has 0 saturated heterocycles. The SMILES string of the molecule is Cc1nc(Cn2cnc3c(oc4ccccc43)c2=O)no1. The average Bonchev–Trinajstić information content (AvgIpc) is 3.06. The van der Waals surface area contributed by atoms with E-state index >= 15 is 0 Å². The molecule has 7 heteroatoms. The highest BCUT2D eigenvalue weighted by Crippen LogP contribution is 2.24. The zero-order chi connectivity index (χ0) is 14.4. The lowest BCUT2D eigenvalue weighted by Crippen LogP contribution is -2.21. The van der Waals surface area contributed by atoms with Crippen LogP contribution < -0.4 is 5.56 Å². The van der Waals surface area contributed by atoms with Crippen LogP contribution in [0.2, 0.25) is 0 Å². The Hall–Kier alpha value is -2.96. The number of furan rings is 1. The van der Waals surface area contributed by atoms with Gasteiger partial charge in [0.15, 0.2) is 5.82 Å². The molecule has 4 aromatic rings. The van der Waals surface area contributed by atoms with Gasteiger partial charge in [-0.3, -0.25) is 9.36 Å². The van der Waals surface area contributed by atoms with Crippen LogP contribution >= 0.6 is 0 Å². The molecule has 0 N–H and O–H groups in total. The molecule has 7 nitrogen and oxygen atoms in total. The van der Waals surface area contributed by atoms with E-state index in [1.807, 2.05) is 24.3 Å². The van der Waals surface area contributed by atoms with E-state index in [1.165, 1.54) is 10.9 Å². The van der Waals surface area contributed by atoms with Crippen molar-refractivity contribution in [3.05, 3.63) is 52.7 Å². The Bertz CT molecular complexity index is 1010. The lowest BCUT2D eigenvalue weighted by Gasteiger charge is -2.00. The summed E-state index contributed by atoms with van der Waals surface area (Å²) in [4.78, 5) is 20.8. The number of benzene rings is 1. The van der Waals surface area contributed by atoms with Crippen LogP contribution in [0.15, 0.2) is 44.3 Å². The molecule has 0 unspecified atom stereocenters. The Morgan fingerprint density at radius 3 is 2.95 bits per heavy atom. The molecule has 3 heterocycles. The first kappa shape index (κ1) is 11.8. The van der Waals surface area contributed by atoms with Gasteiger partial charge in [-0.15, -0.1) is 0 Å². The van der Waals surface area contributed by atoms with Crippen molar-refractivity contribution in [2.45, 2.75) is 13.5 Å². The molecular weight excluding hydrogens is 272 g/mol. The van der Waals surface area contributed by atoms with Crippen molar-refractivity contribution in [2.24, 2.45) is 0 Å². The zero-order valence-electron chi connectivity index (χ0n) is 11.1. The third kappa shape index (κ3) is 1.82. The van der Waals surface area contributed by atoms with Crippen molar-refractivity contribution >= 4 is 22.1 Å². The number of aromatic nitrogens is 4. The van der Waals surface area contributed by atoms with Gasteiger partial charge in [0.2, 0.25) is 11.5 Å². The second kappa shape index (κ2) is 4.27. The molecule has 0 bridgehead atoms. The first-order valence-corrected chi connectivity index (χ1v) is 6.38. The van der Waals surface area contributed by atoms with E-state index in [0.29, 0.717) is 22.8 Å². The largest absolute Gasteiger partial charge is 0.448 e. The average molecular weight is 282 g/mol. The monoisotopic (exact) mass is 282 g/mol. The summed E-state index contributed by atoms with van der Waals surface area (Å²) < 4.78 is 11.9. The maximum atomic E-state index is 12.5. The Balaban J connectivity index is 1.90. The van der Waals surface area contributed by atoms with Gasteiger partial charge < -0.3 is 8.94 Å². The fourth-order valence-corrected chi connectivity index (χ4v) is 2.29. The standard InChI is InChI=1S/C14H10N4O3/c1-8-16-11(17-21-8)6-18-7-15-12-9-4-2-3-5-10(9)20-13(12)14(18)19/h2-5,7H,6H2,1H3. The minimum absolute atomic E-state index is 0.191. The quantitative estimate of drug-likeness (QED) is 0.558. The maximum absolute atomic E-state index is 12.5. The second-order valence-corrected chi connectivity index (χ2v) is 4.68. The predicted molar refractivity (Wildman–Crippen MR) is 73.9 cm³/mol. The van der Waals surface area contributed by atoms with E-state index in [2.05, 4.69) is 15.1 Å². The summed E-state index contributed by atoms with van der Waals surface area (Å²) >= 11 is 0. The maximum Gasteiger partial charge on any atom is 0.297 e. The number of hydrogen-bond acceptors (Lipinski definition) is 6. The van der Waals surface area contributed by atoms with Crippen LogP contribution in [0, 0.1) is 6.92 Å². The topological polar surface area (TPSA) is 87.0 Å². The molecule has 1 aromatic carbocycles. The summed E-state index contributed by atoms with van der Waals surface area (Å²) in [6.45, 7) is 1.89. The van der Waals surface area contributed by atoms with Crippen molar-refractivity contribution in [1.29, 1.82) is 0 Å². The van der Waals surface area contributed by atoms with Gasteiger partial charge in [-0.2, -0.15) is 4.98 Å². The molecule has 0 radical (unpaired) electrons. The highest BCUT2D eigenvalue weighted by molar-refractivity contribution is 6.01. The van der Waals surface area contributed by atoms with Gasteiger partial charge in [-0.05, 0) is 12.1 Å². The first-order valence-electron chi connectivity index (χ1n) is 6.38. The fraction of sp³-hybridized carbons (Fsp3) is 0.143. The Labute approximate surface area is 117 Å². The molecule has 0 fully saturated rings. The van der Waals surface area contributed by atoms with Gasteiger partial charge in [0.25, 0.3) is 5.56 Å². The molecule has 0 saturated carbocycles. The first-order chi connectivity index (χ1) is 10.2. The summed E-state index contributed by atoms with van der Waals surface area (Å²) in [7, 11) is 0. The van der Waals surface area contributed by atoms with Gasteiger partial charge in [-0.1, -0.05) is 17.3 Å². The zero-order valence-corrected chi connectivity index (χ0v) is 11.1. The molecule has 104 valence electrons. The molecule has 0 aliphatic heterocycles. The van der Waals surface area contributed by atoms with E-state index < -0.39 is 0 Å². The van der Waals surface area contributed by atoms with E-state index in [9.17, 15) is 4.79 Å². The molecule has 0 amide bonds. The summed E-state index contributed by atoms with van der Waals surface area (Å²) in [5.74, 6) is 0.877. The lowest BCUT2D eigenvalue weighted by atomic mass is 10.2. The molecule has 0 aliphatic carbocycles. The third-order valence-electron chi connectivity index (χ3n) is 3.23. The molecular formula is C14H10N4O3. The highest BCUT2D eigenvalue weighted by atomic mass is 16.5. The number of aryl methyl sites for hydroxylation is 1. The summed E-state index contributed by atoms with van der Waals surface area (Å²) in [6.07, 6.45) is 1.47. The van der Waals surface area contributed by atoms with E-state index in [-0.39, 0.29) is 17.7 Å². The van der Waals surface area contributed by atoms with Gasteiger partial charge >= 0.3 is 0 Å². The van der Waals surface area contributed by atoms with Crippen molar-refractivity contribution < 1.29 is 8.94 Å². The third-order valence-corrected chi connectivity index (χ3v) is 3.23. The lowest BCUT2D eigenvalue weighted by molar-refractivity contribution is 0.385. The normalized spacial score (nSPS) is 11.5. The summed E-state index contributed by atoms with van der Waals surface area (Å²) in [6, 6.07) is 7.42. The van der Waals surface area contributed by atoms with Crippen LogP contribution in [-0.4, -0.2) is 19.7 Å². The summed E-state index contributed by atoms with van der Waals surface area (Å²) in [5.41, 5.74) is 1.18. The smallest absolute Gasteiger partial charge is 0.297 e. The fourth-order valence-electron chi connectivity index (χ4n) is 2.29. The van der Waals surface area contributed by atoms with E-state index in [1.54, 1.807) is 6.92 Å². The molecule has 0 aliphatic rings. The van der Waals surface area contributed by atoms with Crippen LogP contribution in [0.5, 0.6) is 0 Å². The number of fused-ring (bicyclic) bond motifs is 3. The molecule has 21 heavy (non-hydrogen) atoms. The van der Waals surface area contributed by atoms with Gasteiger partial charge in [0.05, 0.1) is 12.9 Å². The molecule has 0 atom stereocenters. The number of hydrogen-bond donors (Lipinski definition) is 0. The van der Waals surface area contributed by atoms with Crippen molar-refractivity contribution in [2.75, 3.05) is 0 Å². The van der Waals surface area contributed by atoms with Crippen molar-refractivity contribution in [1.82, 2.24) is 19.7 Å². The number of rotatable bonds is 2. The Kier molecular flexibility index (Phi) is 2.41. The Morgan fingerprint density at radius 1 is 1.29 bits per heavy atom. The van der Waals surface area contributed by atoms with Crippen LogP contribution in [0.25, 0.3) is 22.1 Å². The minimum atomic E-state index is -0.265. The minimum Gasteiger partial charge on any atom is -0.448 e. The van der Waals surface area contributed by atoms with Crippen LogP contribution in [0.4, 0.5) is 0 Å². The van der Waals surface area contributed by atoms with Crippen molar-refractivity contribution in [3.63, 3.8) is 0 Å². The molecule has 4 rings (SSSR count). The van der Waals surface area contributed by atoms with Crippen LogP contribution in [0.1, 0.15) is 11.7 Å². The molecule has 3 aromatic heterocycles. The van der Waals surface area contributed by atoms with Gasteiger partial charge in [0, 0.05) is 12.3 Å².